The lowest BCUT2D eigenvalue weighted by Crippen LogP contribution is -2.25. The smallest absolute Gasteiger partial charge is 0.314 e. The zero-order valence-corrected chi connectivity index (χ0v) is 19.2. The summed E-state index contributed by atoms with van der Waals surface area (Å²) in [6.45, 7) is 6.58. The Balaban J connectivity index is 1.56. The second-order valence-electron chi connectivity index (χ2n) is 9.12. The van der Waals surface area contributed by atoms with Crippen molar-refractivity contribution in [3.63, 3.8) is 0 Å². The van der Waals surface area contributed by atoms with Crippen LogP contribution in [0.4, 0.5) is 0 Å². The zero-order chi connectivity index (χ0) is 22.2. The van der Waals surface area contributed by atoms with Gasteiger partial charge in [0.05, 0.1) is 11.5 Å². The van der Waals surface area contributed by atoms with Crippen molar-refractivity contribution < 1.29 is 9.53 Å². The maximum Gasteiger partial charge on any atom is 0.314 e. The van der Waals surface area contributed by atoms with Gasteiger partial charge in [0.2, 0.25) is 0 Å². The van der Waals surface area contributed by atoms with Gasteiger partial charge in [-0.25, -0.2) is 0 Å². The molecule has 31 heavy (non-hydrogen) atoms. The Labute approximate surface area is 187 Å². The van der Waals surface area contributed by atoms with E-state index in [-0.39, 0.29) is 11.9 Å². The lowest BCUT2D eigenvalue weighted by molar-refractivity contribution is -0.140. The van der Waals surface area contributed by atoms with Crippen molar-refractivity contribution >= 4 is 5.97 Å². The van der Waals surface area contributed by atoms with Crippen LogP contribution in [0.2, 0.25) is 0 Å². The number of hydrogen-bond acceptors (Lipinski definition) is 3. The first-order valence-corrected chi connectivity index (χ1v) is 11.9. The molecule has 2 aromatic rings. The third-order valence-electron chi connectivity index (χ3n) is 6.71. The van der Waals surface area contributed by atoms with Crippen LogP contribution in [0.25, 0.3) is 0 Å². The summed E-state index contributed by atoms with van der Waals surface area (Å²) in [7, 11) is 0. The second kappa shape index (κ2) is 11.1. The number of rotatable bonds is 8. The number of nitriles is 1. The SMILES string of the molecule is CCCc1ccc(C2CCC(C(=O)Oc3ccc(CC(C)CC)cc3C#N)CC2)cc1. The summed E-state index contributed by atoms with van der Waals surface area (Å²) in [6, 6.07) is 16.8. The van der Waals surface area contributed by atoms with E-state index in [0.29, 0.717) is 23.1 Å². The quantitative estimate of drug-likeness (QED) is 0.344. The van der Waals surface area contributed by atoms with Gasteiger partial charge < -0.3 is 4.74 Å². The van der Waals surface area contributed by atoms with Crippen LogP contribution >= 0.6 is 0 Å². The van der Waals surface area contributed by atoms with Crippen molar-refractivity contribution in [2.24, 2.45) is 11.8 Å². The molecule has 0 heterocycles. The van der Waals surface area contributed by atoms with Crippen molar-refractivity contribution in [1.29, 1.82) is 5.26 Å². The third-order valence-corrected chi connectivity index (χ3v) is 6.71. The van der Waals surface area contributed by atoms with Gasteiger partial charge in [0.1, 0.15) is 11.8 Å². The molecule has 0 amide bonds. The molecule has 1 unspecified atom stereocenters. The van der Waals surface area contributed by atoms with Crippen molar-refractivity contribution in [1.82, 2.24) is 0 Å². The summed E-state index contributed by atoms with van der Waals surface area (Å²) in [4.78, 5) is 12.8. The first-order chi connectivity index (χ1) is 15.0. The summed E-state index contributed by atoms with van der Waals surface area (Å²) < 4.78 is 5.68. The topological polar surface area (TPSA) is 50.1 Å². The summed E-state index contributed by atoms with van der Waals surface area (Å²) in [5.74, 6) is 1.21. The van der Waals surface area contributed by atoms with E-state index in [1.165, 1.54) is 17.5 Å². The van der Waals surface area contributed by atoms with Crippen molar-refractivity contribution in [3.8, 4) is 11.8 Å². The van der Waals surface area contributed by atoms with Crippen molar-refractivity contribution in [2.45, 2.75) is 78.1 Å². The monoisotopic (exact) mass is 417 g/mol. The van der Waals surface area contributed by atoms with Gasteiger partial charge >= 0.3 is 5.97 Å². The number of nitrogens with zero attached hydrogens (tertiary/aromatic N) is 1. The Kier molecular flexibility index (Phi) is 8.29. The normalized spacial score (nSPS) is 19.4. The van der Waals surface area contributed by atoms with Crippen LogP contribution in [0.1, 0.15) is 87.5 Å². The highest BCUT2D eigenvalue weighted by Gasteiger charge is 2.29. The van der Waals surface area contributed by atoms with Crippen LogP contribution < -0.4 is 4.74 Å². The highest BCUT2D eigenvalue weighted by molar-refractivity contribution is 5.76. The maximum atomic E-state index is 12.8. The van der Waals surface area contributed by atoms with E-state index in [4.69, 9.17) is 4.74 Å². The second-order valence-corrected chi connectivity index (χ2v) is 9.12. The molecule has 0 N–H and O–H groups in total. The molecule has 0 aromatic heterocycles. The van der Waals surface area contributed by atoms with E-state index < -0.39 is 0 Å². The van der Waals surface area contributed by atoms with Crippen molar-refractivity contribution in [3.05, 3.63) is 64.7 Å². The average Bonchev–Trinajstić information content (AvgIpc) is 2.80. The summed E-state index contributed by atoms with van der Waals surface area (Å²) in [6.07, 6.45) is 8.02. The lowest BCUT2D eigenvalue weighted by Gasteiger charge is -2.27. The molecule has 3 nitrogen and oxygen atoms in total. The van der Waals surface area contributed by atoms with Gasteiger partial charge in [-0.1, -0.05) is 63.9 Å². The van der Waals surface area contributed by atoms with Gasteiger partial charge in [-0.15, -0.1) is 0 Å². The molecule has 3 rings (SSSR count). The minimum Gasteiger partial charge on any atom is -0.425 e. The molecule has 0 saturated heterocycles. The Morgan fingerprint density at radius 2 is 1.74 bits per heavy atom. The minimum absolute atomic E-state index is 0.0815. The summed E-state index contributed by atoms with van der Waals surface area (Å²) in [5, 5.41) is 9.53. The number of esters is 1. The van der Waals surface area contributed by atoms with E-state index in [1.807, 2.05) is 12.1 Å². The molecule has 1 saturated carbocycles. The van der Waals surface area contributed by atoms with E-state index in [0.717, 1.165) is 50.5 Å². The van der Waals surface area contributed by atoms with Crippen molar-refractivity contribution in [2.75, 3.05) is 0 Å². The van der Waals surface area contributed by atoms with E-state index in [2.05, 4.69) is 51.1 Å². The first-order valence-electron chi connectivity index (χ1n) is 11.9. The number of ether oxygens (including phenoxy) is 1. The Hall–Kier alpha value is -2.60. The molecule has 0 spiro atoms. The largest absolute Gasteiger partial charge is 0.425 e. The van der Waals surface area contributed by atoms with Crippen LogP contribution in [0, 0.1) is 23.2 Å². The number of aryl methyl sites for hydroxylation is 1. The molecule has 1 atom stereocenters. The average molecular weight is 418 g/mol. The first kappa shape index (κ1) is 23.1. The Morgan fingerprint density at radius 1 is 1.06 bits per heavy atom. The fourth-order valence-electron chi connectivity index (χ4n) is 4.53. The number of carbonyl (C=O) groups excluding carboxylic acids is 1. The van der Waals surface area contributed by atoms with E-state index in [1.54, 1.807) is 6.07 Å². The molecule has 0 bridgehead atoms. The molecule has 0 aliphatic heterocycles. The molecule has 1 aliphatic carbocycles. The summed E-state index contributed by atoms with van der Waals surface area (Å²) >= 11 is 0. The van der Waals surface area contributed by atoms with Gasteiger partial charge in [-0.3, -0.25) is 4.79 Å². The zero-order valence-electron chi connectivity index (χ0n) is 19.2. The molecular formula is C28H35NO2. The highest BCUT2D eigenvalue weighted by atomic mass is 16.5. The molecule has 3 heteroatoms. The van der Waals surface area contributed by atoms with Gasteiger partial charge in [0.15, 0.2) is 0 Å². The van der Waals surface area contributed by atoms with Gasteiger partial charge in [0, 0.05) is 0 Å². The van der Waals surface area contributed by atoms with Gasteiger partial charge in [-0.05, 0) is 79.2 Å². The molecular weight excluding hydrogens is 382 g/mol. The minimum atomic E-state index is -0.192. The number of carbonyl (C=O) groups is 1. The van der Waals surface area contributed by atoms with E-state index >= 15 is 0 Å². The van der Waals surface area contributed by atoms with E-state index in [9.17, 15) is 10.1 Å². The molecule has 164 valence electrons. The lowest BCUT2D eigenvalue weighted by atomic mass is 9.78. The summed E-state index contributed by atoms with van der Waals surface area (Å²) in [5.41, 5.74) is 4.36. The van der Waals surface area contributed by atoms with Gasteiger partial charge in [0.25, 0.3) is 0 Å². The predicted molar refractivity (Wildman–Crippen MR) is 125 cm³/mol. The molecule has 1 fully saturated rings. The van der Waals surface area contributed by atoms with Crippen LogP contribution in [-0.4, -0.2) is 5.97 Å². The Bertz CT molecular complexity index is 902. The number of benzene rings is 2. The Morgan fingerprint density at radius 3 is 2.35 bits per heavy atom. The molecule has 0 radical (unpaired) electrons. The van der Waals surface area contributed by atoms with Crippen LogP contribution in [0.3, 0.4) is 0 Å². The third kappa shape index (κ3) is 6.20. The predicted octanol–water partition coefficient (Wildman–Crippen LogP) is 6.98. The standard InChI is InChI=1S/C28H35NO2/c1-4-6-21-7-10-23(11-8-21)24-12-14-25(15-13-24)28(30)31-27-16-9-22(17-20(3)5-2)18-26(27)19-29/h7-11,16,18,20,24-25H,4-6,12-15,17H2,1-3H3. The van der Waals surface area contributed by atoms with Crippen LogP contribution in [-0.2, 0) is 17.6 Å². The fourth-order valence-corrected chi connectivity index (χ4v) is 4.53. The van der Waals surface area contributed by atoms with Gasteiger partial charge in [-0.2, -0.15) is 5.26 Å². The fraction of sp³-hybridized carbons (Fsp3) is 0.500. The highest BCUT2D eigenvalue weighted by Crippen LogP contribution is 2.37. The number of hydrogen-bond donors (Lipinski definition) is 0. The molecule has 2 aromatic carbocycles. The maximum absolute atomic E-state index is 12.8. The van der Waals surface area contributed by atoms with Crippen LogP contribution in [0.5, 0.6) is 5.75 Å². The van der Waals surface area contributed by atoms with Crippen LogP contribution in [0.15, 0.2) is 42.5 Å². The molecule has 1 aliphatic rings.